The van der Waals surface area contributed by atoms with Crippen molar-refractivity contribution in [1.29, 1.82) is 0 Å². The normalized spacial score (nSPS) is 14.0. The molecule has 0 spiro atoms. The van der Waals surface area contributed by atoms with Crippen molar-refractivity contribution in [3.8, 4) is 11.8 Å². The van der Waals surface area contributed by atoms with E-state index in [9.17, 15) is 0 Å². The third kappa shape index (κ3) is 2.93. The van der Waals surface area contributed by atoms with E-state index in [1.807, 2.05) is 26.1 Å². The average Bonchev–Trinajstić information content (AvgIpc) is 3.24. The fourth-order valence-electron chi connectivity index (χ4n) is 3.15. The smallest absolute Gasteiger partial charge is 0.245 e. The summed E-state index contributed by atoms with van der Waals surface area (Å²) in [6.07, 6.45) is 2.39. The van der Waals surface area contributed by atoms with Crippen LogP contribution in [0.2, 0.25) is 0 Å². The number of fused-ring (bicyclic) bond motifs is 1. The van der Waals surface area contributed by atoms with Crippen molar-refractivity contribution >= 4 is 16.9 Å². The molecule has 1 aromatic carbocycles. The van der Waals surface area contributed by atoms with Crippen LogP contribution < -0.4 is 4.90 Å². The van der Waals surface area contributed by atoms with E-state index in [-0.39, 0.29) is 0 Å². The lowest BCUT2D eigenvalue weighted by Crippen LogP contribution is -2.19. The molecule has 2 aromatic heterocycles. The van der Waals surface area contributed by atoms with Crippen molar-refractivity contribution in [2.75, 3.05) is 18.0 Å². The van der Waals surface area contributed by atoms with Gasteiger partial charge in [-0.3, -0.25) is 0 Å². The Hall–Kier alpha value is -2.94. The number of anilines is 1. The van der Waals surface area contributed by atoms with Gasteiger partial charge in [0.05, 0.1) is 5.52 Å². The third-order valence-corrected chi connectivity index (χ3v) is 4.55. The van der Waals surface area contributed by atoms with Gasteiger partial charge in [0.25, 0.3) is 0 Å². The molecule has 0 aliphatic carbocycles. The second-order valence-electron chi connectivity index (χ2n) is 6.41. The summed E-state index contributed by atoms with van der Waals surface area (Å²) in [6.45, 7) is 6.08. The van der Waals surface area contributed by atoms with E-state index in [0.717, 1.165) is 41.2 Å². The van der Waals surface area contributed by atoms with Gasteiger partial charge in [0, 0.05) is 31.2 Å². The SMILES string of the molecule is Cc1nc(C#Cc2nc(N3CCCC3)nn2C)nc2c(C)cccc12. The highest BCUT2D eigenvalue weighted by molar-refractivity contribution is 5.83. The number of hydrogen-bond acceptors (Lipinski definition) is 5. The van der Waals surface area contributed by atoms with Crippen LogP contribution in [-0.4, -0.2) is 37.8 Å². The Morgan fingerprint density at radius 3 is 2.60 bits per heavy atom. The predicted molar refractivity (Wildman–Crippen MR) is 97.4 cm³/mol. The first-order valence-corrected chi connectivity index (χ1v) is 8.54. The molecular formula is C19H20N6. The molecule has 0 atom stereocenters. The van der Waals surface area contributed by atoms with Crippen molar-refractivity contribution in [2.24, 2.45) is 7.05 Å². The molecule has 0 amide bonds. The van der Waals surface area contributed by atoms with Gasteiger partial charge in [0.15, 0.2) is 0 Å². The van der Waals surface area contributed by atoms with E-state index >= 15 is 0 Å². The van der Waals surface area contributed by atoms with Crippen LogP contribution in [0.15, 0.2) is 18.2 Å². The largest absolute Gasteiger partial charge is 0.340 e. The summed E-state index contributed by atoms with van der Waals surface area (Å²) in [7, 11) is 1.87. The maximum absolute atomic E-state index is 4.61. The van der Waals surface area contributed by atoms with Crippen LogP contribution in [0.25, 0.3) is 10.9 Å². The Balaban J connectivity index is 1.69. The molecule has 6 heteroatoms. The molecule has 126 valence electrons. The van der Waals surface area contributed by atoms with Gasteiger partial charge < -0.3 is 4.90 Å². The van der Waals surface area contributed by atoms with Crippen LogP contribution in [0.4, 0.5) is 5.95 Å². The van der Waals surface area contributed by atoms with E-state index < -0.39 is 0 Å². The fraction of sp³-hybridized carbons (Fsp3) is 0.368. The monoisotopic (exact) mass is 332 g/mol. The molecule has 3 aromatic rings. The summed E-state index contributed by atoms with van der Waals surface area (Å²) in [6, 6.07) is 6.12. The molecule has 0 radical (unpaired) electrons. The van der Waals surface area contributed by atoms with Gasteiger partial charge >= 0.3 is 0 Å². The quantitative estimate of drug-likeness (QED) is 0.640. The molecule has 1 saturated heterocycles. The van der Waals surface area contributed by atoms with Gasteiger partial charge in [-0.15, -0.1) is 5.10 Å². The second kappa shape index (κ2) is 6.17. The van der Waals surface area contributed by atoms with Gasteiger partial charge in [-0.2, -0.15) is 4.98 Å². The minimum atomic E-state index is 0.519. The zero-order valence-electron chi connectivity index (χ0n) is 14.7. The molecule has 4 rings (SSSR count). The fourth-order valence-corrected chi connectivity index (χ4v) is 3.15. The van der Waals surface area contributed by atoms with Crippen LogP contribution in [0, 0.1) is 25.7 Å². The summed E-state index contributed by atoms with van der Waals surface area (Å²) >= 11 is 0. The minimum absolute atomic E-state index is 0.519. The second-order valence-corrected chi connectivity index (χ2v) is 6.41. The first-order chi connectivity index (χ1) is 12.1. The highest BCUT2D eigenvalue weighted by Gasteiger charge is 2.17. The molecule has 1 aliphatic rings. The zero-order valence-corrected chi connectivity index (χ0v) is 14.7. The van der Waals surface area contributed by atoms with Gasteiger partial charge in [0.2, 0.25) is 17.6 Å². The lowest BCUT2D eigenvalue weighted by molar-refractivity contribution is 0.745. The standard InChI is InChI=1S/C19H20N6/c1-13-7-6-8-15-14(2)20-16(21-18(13)15)9-10-17-22-19(23-24(17)3)25-11-4-5-12-25/h6-8H,4-5,11-12H2,1-3H3. The van der Waals surface area contributed by atoms with Crippen molar-refractivity contribution in [2.45, 2.75) is 26.7 Å². The molecule has 25 heavy (non-hydrogen) atoms. The number of nitrogens with zero attached hydrogens (tertiary/aromatic N) is 6. The van der Waals surface area contributed by atoms with E-state index in [1.54, 1.807) is 4.68 Å². The van der Waals surface area contributed by atoms with Crippen LogP contribution in [0.3, 0.4) is 0 Å². The van der Waals surface area contributed by atoms with Crippen LogP contribution in [0.1, 0.15) is 35.7 Å². The highest BCUT2D eigenvalue weighted by Crippen LogP contribution is 2.18. The molecule has 0 saturated carbocycles. The number of benzene rings is 1. The Kier molecular flexibility index (Phi) is 3.85. The lowest BCUT2D eigenvalue weighted by Gasteiger charge is -2.10. The lowest BCUT2D eigenvalue weighted by atomic mass is 10.1. The van der Waals surface area contributed by atoms with Crippen molar-refractivity contribution in [1.82, 2.24) is 24.7 Å². The molecular weight excluding hydrogens is 312 g/mol. The van der Waals surface area contributed by atoms with E-state index in [0.29, 0.717) is 11.6 Å². The molecule has 0 unspecified atom stereocenters. The Morgan fingerprint density at radius 2 is 1.80 bits per heavy atom. The van der Waals surface area contributed by atoms with Crippen LogP contribution >= 0.6 is 0 Å². The molecule has 1 fully saturated rings. The van der Waals surface area contributed by atoms with E-state index in [4.69, 9.17) is 0 Å². The number of rotatable bonds is 1. The first-order valence-electron chi connectivity index (χ1n) is 8.54. The van der Waals surface area contributed by atoms with Gasteiger partial charge in [0.1, 0.15) is 0 Å². The van der Waals surface area contributed by atoms with Gasteiger partial charge in [-0.1, -0.05) is 18.2 Å². The number of aryl methyl sites for hydroxylation is 3. The molecule has 3 heterocycles. The molecule has 1 aliphatic heterocycles. The van der Waals surface area contributed by atoms with Crippen molar-refractivity contribution in [3.63, 3.8) is 0 Å². The van der Waals surface area contributed by atoms with Gasteiger partial charge in [-0.05, 0) is 44.1 Å². The predicted octanol–water partition coefficient (Wildman–Crippen LogP) is 2.38. The Morgan fingerprint density at radius 1 is 1.00 bits per heavy atom. The van der Waals surface area contributed by atoms with Crippen LogP contribution in [0.5, 0.6) is 0 Å². The topological polar surface area (TPSA) is 59.7 Å². The summed E-state index contributed by atoms with van der Waals surface area (Å²) < 4.78 is 1.72. The minimum Gasteiger partial charge on any atom is -0.340 e. The van der Waals surface area contributed by atoms with Crippen molar-refractivity contribution in [3.05, 3.63) is 41.1 Å². The first kappa shape index (κ1) is 15.6. The van der Waals surface area contributed by atoms with E-state index in [1.165, 1.54) is 12.8 Å². The zero-order chi connectivity index (χ0) is 17.4. The Bertz CT molecular complexity index is 1000. The molecule has 0 bridgehead atoms. The average molecular weight is 332 g/mol. The maximum Gasteiger partial charge on any atom is 0.245 e. The van der Waals surface area contributed by atoms with Crippen molar-refractivity contribution < 1.29 is 0 Å². The summed E-state index contributed by atoms with van der Waals surface area (Å²) in [5.74, 6) is 8.03. The van der Waals surface area contributed by atoms with E-state index in [2.05, 4.69) is 49.8 Å². The maximum atomic E-state index is 4.61. The molecule has 6 nitrogen and oxygen atoms in total. The number of hydrogen-bond donors (Lipinski definition) is 0. The Labute approximate surface area is 146 Å². The summed E-state index contributed by atoms with van der Waals surface area (Å²) in [4.78, 5) is 15.9. The summed E-state index contributed by atoms with van der Waals surface area (Å²) in [5.41, 5.74) is 3.02. The van der Waals surface area contributed by atoms with Gasteiger partial charge in [-0.25, -0.2) is 14.6 Å². The number of aromatic nitrogens is 5. The third-order valence-electron chi connectivity index (χ3n) is 4.55. The summed E-state index contributed by atoms with van der Waals surface area (Å²) in [5, 5.41) is 5.54. The van der Waals surface area contributed by atoms with Crippen LogP contribution in [-0.2, 0) is 7.05 Å². The molecule has 0 N–H and O–H groups in total. The highest BCUT2D eigenvalue weighted by atomic mass is 15.4. The number of para-hydroxylation sites is 1.